The molecule has 11 heteroatoms. The van der Waals surface area contributed by atoms with Gasteiger partial charge in [-0.2, -0.15) is 8.42 Å². The summed E-state index contributed by atoms with van der Waals surface area (Å²) >= 11 is 0. The van der Waals surface area contributed by atoms with Crippen LogP contribution in [0.15, 0.2) is 64.0 Å². The number of rotatable bonds is 5. The molecule has 1 saturated heterocycles. The first-order valence-electron chi connectivity index (χ1n) is 11.6. The fourth-order valence-electron chi connectivity index (χ4n) is 5.17. The maximum absolute atomic E-state index is 13.7. The monoisotopic (exact) mass is 519 g/mol. The fourth-order valence-corrected chi connectivity index (χ4v) is 5.70. The van der Waals surface area contributed by atoms with Gasteiger partial charge in [0.05, 0.1) is 33.1 Å². The minimum atomic E-state index is -4.44. The van der Waals surface area contributed by atoms with Crippen molar-refractivity contribution in [1.29, 1.82) is 0 Å². The molecule has 2 aliphatic rings. The Hall–Kier alpha value is -4.22. The van der Waals surface area contributed by atoms with Gasteiger partial charge in [0.1, 0.15) is 5.52 Å². The third-order valence-electron chi connectivity index (χ3n) is 6.90. The summed E-state index contributed by atoms with van der Waals surface area (Å²) < 4.78 is 38.6. The number of fused-ring (bicyclic) bond motifs is 2. The van der Waals surface area contributed by atoms with E-state index in [4.69, 9.17) is 4.52 Å². The Morgan fingerprint density at radius 3 is 2.65 bits per heavy atom. The van der Waals surface area contributed by atoms with Crippen LogP contribution in [-0.2, 0) is 14.9 Å². The molecule has 0 amide bonds. The second-order valence-corrected chi connectivity index (χ2v) is 10.6. The summed E-state index contributed by atoms with van der Waals surface area (Å²) in [6.45, 7) is 0.872. The molecule has 1 aliphatic heterocycles. The Labute approximate surface area is 211 Å². The molecule has 37 heavy (non-hydrogen) atoms. The Morgan fingerprint density at radius 2 is 1.89 bits per heavy atom. The Balaban J connectivity index is 1.57. The number of anilines is 3. The molecule has 0 spiro atoms. The lowest BCUT2D eigenvalue weighted by atomic mass is 9.86. The van der Waals surface area contributed by atoms with E-state index in [1.54, 1.807) is 36.4 Å². The first-order chi connectivity index (χ1) is 17.7. The van der Waals surface area contributed by atoms with Crippen LogP contribution in [0.5, 0.6) is 0 Å². The molecule has 10 nitrogen and oxygen atoms in total. The summed E-state index contributed by atoms with van der Waals surface area (Å²) in [4.78, 5) is 27.1. The van der Waals surface area contributed by atoms with Crippen LogP contribution < -0.4 is 10.2 Å². The number of hydrogen-bond donors (Lipinski definition) is 3. The van der Waals surface area contributed by atoms with E-state index in [9.17, 15) is 27.7 Å². The molecule has 4 aromatic rings. The maximum atomic E-state index is 13.7. The summed E-state index contributed by atoms with van der Waals surface area (Å²) in [7, 11) is -4.44. The molecule has 0 saturated carbocycles. The number of carbonyl (C=O) groups is 2. The van der Waals surface area contributed by atoms with E-state index in [-0.39, 0.29) is 17.2 Å². The van der Waals surface area contributed by atoms with E-state index in [1.165, 1.54) is 18.2 Å². The van der Waals surface area contributed by atoms with Crippen molar-refractivity contribution < 1.29 is 32.2 Å². The highest BCUT2D eigenvalue weighted by Crippen LogP contribution is 2.46. The third-order valence-corrected chi connectivity index (χ3v) is 7.75. The van der Waals surface area contributed by atoms with Gasteiger partial charge in [0.15, 0.2) is 11.5 Å². The molecule has 6 rings (SSSR count). The van der Waals surface area contributed by atoms with Gasteiger partial charge in [0, 0.05) is 29.9 Å². The third kappa shape index (κ3) is 3.83. The van der Waals surface area contributed by atoms with Crippen LogP contribution >= 0.6 is 0 Å². The number of hydrogen-bond acceptors (Lipinski definition) is 8. The van der Waals surface area contributed by atoms with E-state index >= 15 is 0 Å². The average Bonchev–Trinajstić information content (AvgIpc) is 3.32. The molecule has 0 bridgehead atoms. The molecule has 0 unspecified atom stereocenters. The zero-order valence-corrected chi connectivity index (χ0v) is 20.2. The number of carboxylic acid groups (broad SMARTS) is 1. The van der Waals surface area contributed by atoms with Crippen LogP contribution in [0.3, 0.4) is 0 Å². The van der Waals surface area contributed by atoms with E-state index in [1.807, 2.05) is 4.90 Å². The average molecular weight is 520 g/mol. The van der Waals surface area contributed by atoms with Crippen LogP contribution in [0.4, 0.5) is 17.1 Å². The Kier molecular flexibility index (Phi) is 5.28. The topological polar surface area (TPSA) is 150 Å². The van der Waals surface area contributed by atoms with Crippen molar-refractivity contribution in [3.8, 4) is 11.3 Å². The molecule has 3 aromatic carbocycles. The minimum Gasteiger partial charge on any atom is -0.481 e. The van der Waals surface area contributed by atoms with Crippen LogP contribution in [0.2, 0.25) is 0 Å². The number of nitrogens with zero attached hydrogens (tertiary/aromatic N) is 2. The Bertz CT molecular complexity index is 1710. The minimum absolute atomic E-state index is 0.252. The van der Waals surface area contributed by atoms with Crippen molar-refractivity contribution >= 4 is 49.8 Å². The SMILES string of the molecule is O=C1c2ccccc2-c2onc3c(N4CCC[C@@H](C(=O)O)C4)cc(Nc4cccc(S(=O)(=O)O)c4)c1c23. The molecule has 1 fully saturated rings. The van der Waals surface area contributed by atoms with Gasteiger partial charge >= 0.3 is 5.97 Å². The van der Waals surface area contributed by atoms with Crippen molar-refractivity contribution in [2.75, 3.05) is 23.3 Å². The predicted molar refractivity (Wildman–Crippen MR) is 135 cm³/mol. The number of piperidine rings is 1. The van der Waals surface area contributed by atoms with E-state index in [0.717, 1.165) is 0 Å². The number of carbonyl (C=O) groups excluding carboxylic acids is 1. The lowest BCUT2D eigenvalue weighted by molar-refractivity contribution is -0.141. The van der Waals surface area contributed by atoms with Crippen molar-refractivity contribution in [1.82, 2.24) is 5.16 Å². The molecule has 1 aromatic heterocycles. The predicted octanol–water partition coefficient (Wildman–Crippen LogP) is 4.33. The second kappa shape index (κ2) is 8.43. The lowest BCUT2D eigenvalue weighted by Crippen LogP contribution is -2.38. The molecule has 1 aliphatic carbocycles. The number of carboxylic acids is 1. The van der Waals surface area contributed by atoms with Gasteiger partial charge in [0.25, 0.3) is 10.1 Å². The summed E-state index contributed by atoms with van der Waals surface area (Å²) in [5, 5.41) is 17.6. The summed E-state index contributed by atoms with van der Waals surface area (Å²) in [5.41, 5.74) is 3.16. The molecule has 0 radical (unpaired) electrons. The molecule has 2 heterocycles. The maximum Gasteiger partial charge on any atom is 0.308 e. The number of aromatic nitrogens is 1. The van der Waals surface area contributed by atoms with Crippen molar-refractivity contribution in [3.63, 3.8) is 0 Å². The van der Waals surface area contributed by atoms with Gasteiger partial charge < -0.3 is 19.8 Å². The van der Waals surface area contributed by atoms with E-state index in [0.29, 0.717) is 69.8 Å². The summed E-state index contributed by atoms with van der Waals surface area (Å²) in [5.74, 6) is -1.24. The van der Waals surface area contributed by atoms with Crippen molar-refractivity contribution in [3.05, 3.63) is 65.7 Å². The number of aliphatic carboxylic acids is 1. The molecule has 3 N–H and O–H groups in total. The van der Waals surface area contributed by atoms with Gasteiger partial charge in [-0.1, -0.05) is 35.5 Å². The summed E-state index contributed by atoms with van der Waals surface area (Å²) in [6, 6.07) is 14.4. The first kappa shape index (κ1) is 23.2. The van der Waals surface area contributed by atoms with Crippen molar-refractivity contribution in [2.45, 2.75) is 17.7 Å². The Morgan fingerprint density at radius 1 is 1.11 bits per heavy atom. The first-order valence-corrected chi connectivity index (χ1v) is 13.1. The van der Waals surface area contributed by atoms with Crippen molar-refractivity contribution in [2.24, 2.45) is 5.92 Å². The van der Waals surface area contributed by atoms with E-state index in [2.05, 4.69) is 10.5 Å². The van der Waals surface area contributed by atoms with Crippen LogP contribution in [0, 0.1) is 5.92 Å². The summed E-state index contributed by atoms with van der Waals surface area (Å²) in [6.07, 6.45) is 1.24. The molecule has 1 atom stereocenters. The lowest BCUT2D eigenvalue weighted by Gasteiger charge is -2.33. The molecule has 188 valence electrons. The van der Waals surface area contributed by atoms with Crippen LogP contribution in [0.1, 0.15) is 28.8 Å². The van der Waals surface area contributed by atoms with Crippen LogP contribution in [-0.4, -0.2) is 48.1 Å². The van der Waals surface area contributed by atoms with Gasteiger partial charge in [-0.05, 0) is 37.1 Å². The molecular weight excluding hydrogens is 498 g/mol. The van der Waals surface area contributed by atoms with Gasteiger partial charge in [-0.3, -0.25) is 14.1 Å². The number of nitrogens with one attached hydrogen (secondary N) is 1. The zero-order valence-electron chi connectivity index (χ0n) is 19.3. The quantitative estimate of drug-likeness (QED) is 0.286. The van der Waals surface area contributed by atoms with Gasteiger partial charge in [0.2, 0.25) is 0 Å². The second-order valence-electron chi connectivity index (χ2n) is 9.18. The van der Waals surface area contributed by atoms with Gasteiger partial charge in [-0.25, -0.2) is 0 Å². The fraction of sp³-hybridized carbons (Fsp3) is 0.192. The van der Waals surface area contributed by atoms with E-state index < -0.39 is 22.0 Å². The highest BCUT2D eigenvalue weighted by Gasteiger charge is 2.35. The zero-order chi connectivity index (χ0) is 25.9. The number of ketones is 1. The highest BCUT2D eigenvalue weighted by molar-refractivity contribution is 7.85. The van der Waals surface area contributed by atoms with Gasteiger partial charge in [-0.15, -0.1) is 0 Å². The largest absolute Gasteiger partial charge is 0.481 e. The smallest absolute Gasteiger partial charge is 0.308 e. The normalized spacial score (nSPS) is 17.1. The number of benzene rings is 3. The molecular formula is C26H21N3O7S. The highest BCUT2D eigenvalue weighted by atomic mass is 32.2. The standard InChI is InChI=1S/C26H21N3O7S/c30-24-17-8-1-2-9-18(17)25-22-21(24)19(27-15-6-3-7-16(11-15)37(33,34)35)12-20(23(22)28-36-25)29-10-4-5-14(13-29)26(31)32/h1-3,6-9,11-12,14,27H,4-5,10,13H2,(H,31,32)(H,33,34,35)/t14-/m1/s1. The van der Waals surface area contributed by atoms with Crippen LogP contribution in [0.25, 0.3) is 22.2 Å².